The van der Waals surface area contributed by atoms with Gasteiger partial charge in [0.05, 0.1) is 35.1 Å². The highest BCUT2D eigenvalue weighted by Crippen LogP contribution is 2.52. The zero-order valence-electron chi connectivity index (χ0n) is 32.0. The second-order valence-electron chi connectivity index (χ2n) is 14.7. The third-order valence-corrected chi connectivity index (χ3v) is 12.3. The van der Waals surface area contributed by atoms with Crippen LogP contribution in [0.5, 0.6) is 0 Å². The van der Waals surface area contributed by atoms with Gasteiger partial charge < -0.3 is 9.80 Å². The van der Waals surface area contributed by atoms with Crippen LogP contribution in [0, 0.1) is 0 Å². The maximum Gasteiger partial charge on any atom is 0.0645 e. The molecule has 1 aliphatic heterocycles. The molecule has 5 heteroatoms. The number of anilines is 6. The van der Waals surface area contributed by atoms with Crippen molar-refractivity contribution >= 4 is 67.4 Å². The van der Waals surface area contributed by atoms with Crippen LogP contribution in [0.1, 0.15) is 0 Å². The fraction of sp³-hybridized carbons (Fsp3) is 0. The average Bonchev–Trinajstić information content (AvgIpc) is 3.31. The first-order valence-electron chi connectivity index (χ1n) is 19.8. The smallest absolute Gasteiger partial charge is 0.0645 e. The summed E-state index contributed by atoms with van der Waals surface area (Å²) in [5.74, 6) is 0. The molecule has 10 aromatic rings. The van der Waals surface area contributed by atoms with Gasteiger partial charge in [-0.2, -0.15) is 0 Å². The van der Waals surface area contributed by atoms with Gasteiger partial charge in [-0.15, -0.1) is 0 Å². The Morgan fingerprint density at radius 1 is 0.356 bits per heavy atom. The van der Waals surface area contributed by atoms with Crippen LogP contribution in [0.2, 0.25) is 0 Å². The van der Waals surface area contributed by atoms with Crippen molar-refractivity contribution in [2.24, 2.45) is 0 Å². The molecule has 11 rings (SSSR count). The van der Waals surface area contributed by atoms with Crippen molar-refractivity contribution in [1.29, 1.82) is 0 Å². The Balaban J connectivity index is 1.05. The molecule has 3 heterocycles. The minimum atomic E-state index is 1.00. The standard InChI is InChI=1S/C54H36N4S/c1-3-14-37(15-4-1)44-20-7-9-23-50(44)57(42-18-12-30-55-35-42)40-27-26-39-32-49-46-29-28-41(34-53(46)59-52-25-11-22-47(54(49)52)48(39)33-40)58(43-19-13-31-56-36-43)51-24-10-8-21-45(51)38-16-5-2-6-17-38/h1-36H. The zero-order valence-corrected chi connectivity index (χ0v) is 32.8. The Morgan fingerprint density at radius 3 is 1.54 bits per heavy atom. The molecule has 0 saturated carbocycles. The molecule has 0 unspecified atom stereocenters. The molecule has 0 saturated heterocycles. The molecule has 0 radical (unpaired) electrons. The van der Waals surface area contributed by atoms with Gasteiger partial charge in [0.15, 0.2) is 0 Å². The number of aromatic nitrogens is 2. The first-order chi connectivity index (χ1) is 29.3. The molecule has 0 aliphatic carbocycles. The lowest BCUT2D eigenvalue weighted by molar-refractivity contribution is 1.22. The Hall–Kier alpha value is -7.47. The average molecular weight is 773 g/mol. The highest BCUT2D eigenvalue weighted by Gasteiger charge is 2.25. The minimum absolute atomic E-state index is 1.00. The third kappa shape index (κ3) is 6.20. The maximum absolute atomic E-state index is 4.55. The Morgan fingerprint density at radius 2 is 0.932 bits per heavy atom. The molecule has 0 N–H and O–H groups in total. The van der Waals surface area contributed by atoms with Crippen molar-refractivity contribution in [1.82, 2.24) is 9.97 Å². The minimum Gasteiger partial charge on any atom is -0.308 e. The number of pyridine rings is 2. The monoisotopic (exact) mass is 772 g/mol. The molecule has 0 amide bonds. The molecule has 1 aliphatic rings. The van der Waals surface area contributed by atoms with E-state index in [-0.39, 0.29) is 0 Å². The van der Waals surface area contributed by atoms with E-state index in [0.29, 0.717) is 0 Å². The first kappa shape index (κ1) is 34.8. The molecule has 0 atom stereocenters. The van der Waals surface area contributed by atoms with Gasteiger partial charge in [0.25, 0.3) is 0 Å². The predicted octanol–water partition coefficient (Wildman–Crippen LogP) is 15.2. The summed E-state index contributed by atoms with van der Waals surface area (Å²) in [6, 6.07) is 69.7. The van der Waals surface area contributed by atoms with E-state index in [9.17, 15) is 0 Å². The molecule has 2 aromatic heterocycles. The normalized spacial score (nSPS) is 11.7. The lowest BCUT2D eigenvalue weighted by Crippen LogP contribution is -2.12. The van der Waals surface area contributed by atoms with Gasteiger partial charge in [0.2, 0.25) is 0 Å². The van der Waals surface area contributed by atoms with E-state index in [2.05, 4.69) is 202 Å². The SMILES string of the molecule is c1ccc(-c2ccccc2N(c2cccnc2)c2ccc3c(c2)Sc2cccc4c2c-3cc2ccc(N(c3cccnc3)c3ccccc3-c3ccccc3)cc24)cc1. The quantitative estimate of drug-likeness (QED) is 0.144. The second kappa shape index (κ2) is 14.8. The van der Waals surface area contributed by atoms with Crippen molar-refractivity contribution in [3.8, 4) is 33.4 Å². The van der Waals surface area contributed by atoms with Crippen LogP contribution >= 0.6 is 11.8 Å². The van der Waals surface area contributed by atoms with Crippen LogP contribution in [-0.2, 0) is 0 Å². The molecule has 278 valence electrons. The van der Waals surface area contributed by atoms with E-state index >= 15 is 0 Å². The molecule has 59 heavy (non-hydrogen) atoms. The summed E-state index contributed by atoms with van der Waals surface area (Å²) >= 11 is 1.85. The van der Waals surface area contributed by atoms with Crippen molar-refractivity contribution in [2.75, 3.05) is 9.80 Å². The number of fused-ring (bicyclic) bond motifs is 4. The molecule has 0 spiro atoms. The Labute approximate surface area is 347 Å². The van der Waals surface area contributed by atoms with E-state index in [4.69, 9.17) is 0 Å². The lowest BCUT2D eigenvalue weighted by Gasteiger charge is -2.29. The van der Waals surface area contributed by atoms with Crippen LogP contribution in [0.3, 0.4) is 0 Å². The van der Waals surface area contributed by atoms with E-state index in [1.165, 1.54) is 53.6 Å². The van der Waals surface area contributed by atoms with Crippen molar-refractivity contribution in [3.63, 3.8) is 0 Å². The topological polar surface area (TPSA) is 32.3 Å². The molecular weight excluding hydrogens is 737 g/mol. The second-order valence-corrected chi connectivity index (χ2v) is 15.7. The Kier molecular flexibility index (Phi) is 8.72. The van der Waals surface area contributed by atoms with E-state index in [1.54, 1.807) is 0 Å². The zero-order chi connectivity index (χ0) is 39.1. The number of benzene rings is 8. The molecule has 0 bridgehead atoms. The summed E-state index contributed by atoms with van der Waals surface area (Å²) < 4.78 is 0. The number of para-hydroxylation sites is 2. The van der Waals surface area contributed by atoms with Crippen molar-refractivity contribution in [3.05, 3.63) is 219 Å². The van der Waals surface area contributed by atoms with Gasteiger partial charge >= 0.3 is 0 Å². The van der Waals surface area contributed by atoms with Gasteiger partial charge in [-0.25, -0.2) is 0 Å². The van der Waals surface area contributed by atoms with Crippen molar-refractivity contribution < 1.29 is 0 Å². The number of nitrogens with zero attached hydrogens (tertiary/aromatic N) is 4. The van der Waals surface area contributed by atoms with Gasteiger partial charge in [0.1, 0.15) is 0 Å². The fourth-order valence-electron chi connectivity index (χ4n) is 8.56. The number of hydrogen-bond acceptors (Lipinski definition) is 5. The number of rotatable bonds is 8. The van der Waals surface area contributed by atoms with Crippen LogP contribution in [0.4, 0.5) is 34.1 Å². The molecule has 4 nitrogen and oxygen atoms in total. The summed E-state index contributed by atoms with van der Waals surface area (Å²) in [7, 11) is 0. The molecular formula is C54H36N4S. The van der Waals surface area contributed by atoms with Gasteiger partial charge in [-0.05, 0) is 111 Å². The summed E-state index contributed by atoms with van der Waals surface area (Å²) in [5.41, 5.74) is 13.5. The van der Waals surface area contributed by atoms with Gasteiger partial charge in [0, 0.05) is 50.1 Å². The van der Waals surface area contributed by atoms with Crippen LogP contribution < -0.4 is 9.80 Å². The Bertz CT molecular complexity index is 3140. The largest absolute Gasteiger partial charge is 0.308 e. The fourth-order valence-corrected chi connectivity index (χ4v) is 9.74. The highest BCUT2D eigenvalue weighted by molar-refractivity contribution is 7.99. The summed E-state index contributed by atoms with van der Waals surface area (Å²) in [6.45, 7) is 0. The van der Waals surface area contributed by atoms with E-state index in [1.807, 2.05) is 48.7 Å². The molecule has 0 fully saturated rings. The van der Waals surface area contributed by atoms with Gasteiger partial charge in [-0.1, -0.05) is 133 Å². The van der Waals surface area contributed by atoms with Crippen LogP contribution in [0.25, 0.3) is 54.9 Å². The summed E-state index contributed by atoms with van der Waals surface area (Å²) in [6.07, 6.45) is 7.55. The van der Waals surface area contributed by atoms with Crippen LogP contribution in [0.15, 0.2) is 229 Å². The molecule has 8 aromatic carbocycles. The summed E-state index contributed by atoms with van der Waals surface area (Å²) in [4.78, 5) is 16.2. The van der Waals surface area contributed by atoms with E-state index in [0.717, 1.165) is 45.3 Å². The third-order valence-electron chi connectivity index (χ3n) is 11.2. The van der Waals surface area contributed by atoms with E-state index < -0.39 is 0 Å². The number of hydrogen-bond donors (Lipinski definition) is 0. The highest BCUT2D eigenvalue weighted by atomic mass is 32.2. The van der Waals surface area contributed by atoms with Crippen LogP contribution in [-0.4, -0.2) is 9.97 Å². The maximum atomic E-state index is 4.55. The van der Waals surface area contributed by atoms with Crippen molar-refractivity contribution in [2.45, 2.75) is 9.79 Å². The van der Waals surface area contributed by atoms with Gasteiger partial charge in [-0.3, -0.25) is 9.97 Å². The first-order valence-corrected chi connectivity index (χ1v) is 20.6. The predicted molar refractivity (Wildman–Crippen MR) is 247 cm³/mol. The lowest BCUT2D eigenvalue weighted by atomic mass is 9.92. The summed E-state index contributed by atoms with van der Waals surface area (Å²) in [5, 5.41) is 4.95.